The lowest BCUT2D eigenvalue weighted by atomic mass is 10.5. The molecule has 1 heterocycles. The Morgan fingerprint density at radius 2 is 2.40 bits per heavy atom. The first-order valence-electron chi connectivity index (χ1n) is 2.96. The lowest BCUT2D eigenvalue weighted by Crippen LogP contribution is -1.95. The van der Waals surface area contributed by atoms with E-state index in [1.807, 2.05) is 13.1 Å². The molecule has 1 aromatic heterocycles. The number of aromatic nitrogens is 3. The maximum absolute atomic E-state index is 5.30. The molecule has 0 atom stereocenters. The van der Waals surface area contributed by atoms with E-state index < -0.39 is 0 Å². The van der Waals surface area contributed by atoms with Crippen molar-refractivity contribution in [3.05, 3.63) is 11.9 Å². The van der Waals surface area contributed by atoms with Gasteiger partial charge in [0.15, 0.2) is 0 Å². The third-order valence-electron chi connectivity index (χ3n) is 1.12. The molecule has 0 fully saturated rings. The summed E-state index contributed by atoms with van der Waals surface area (Å²) in [5, 5.41) is 7.59. The normalized spacial score (nSPS) is 9.00. The molecule has 0 unspecified atom stereocenters. The van der Waals surface area contributed by atoms with Crippen LogP contribution in [0.1, 0.15) is 12.6 Å². The predicted molar refractivity (Wildman–Crippen MR) is 40.8 cm³/mol. The molecular weight excluding hydrogens is 152 g/mol. The number of halogens is 1. The topological polar surface area (TPSA) is 56.7 Å². The van der Waals surface area contributed by atoms with E-state index in [9.17, 15) is 0 Å². The molecule has 5 heteroatoms. The Morgan fingerprint density at radius 3 is 2.70 bits per heavy atom. The molecule has 0 aliphatic rings. The summed E-state index contributed by atoms with van der Waals surface area (Å²) in [6.07, 6.45) is 1.85. The van der Waals surface area contributed by atoms with E-state index in [1.165, 1.54) is 0 Å². The zero-order chi connectivity index (χ0) is 6.69. The molecule has 0 aliphatic heterocycles. The summed E-state index contributed by atoms with van der Waals surface area (Å²) in [6.45, 7) is 3.34. The van der Waals surface area contributed by atoms with Gasteiger partial charge in [-0.2, -0.15) is 0 Å². The van der Waals surface area contributed by atoms with Gasteiger partial charge in [-0.05, 0) is 6.92 Å². The van der Waals surface area contributed by atoms with Gasteiger partial charge in [0.05, 0.1) is 5.69 Å². The van der Waals surface area contributed by atoms with Crippen molar-refractivity contribution in [1.82, 2.24) is 15.0 Å². The fourth-order valence-electron chi connectivity index (χ4n) is 0.587. The van der Waals surface area contributed by atoms with Crippen LogP contribution in [0.15, 0.2) is 6.20 Å². The second kappa shape index (κ2) is 4.24. The second-order valence-corrected chi connectivity index (χ2v) is 1.77. The van der Waals surface area contributed by atoms with E-state index in [-0.39, 0.29) is 12.4 Å². The van der Waals surface area contributed by atoms with Crippen molar-refractivity contribution < 1.29 is 0 Å². The summed E-state index contributed by atoms with van der Waals surface area (Å²) >= 11 is 0. The molecule has 0 radical (unpaired) electrons. The van der Waals surface area contributed by atoms with Crippen molar-refractivity contribution in [2.75, 3.05) is 0 Å². The number of rotatable bonds is 2. The van der Waals surface area contributed by atoms with Crippen molar-refractivity contribution in [3.63, 3.8) is 0 Å². The summed E-state index contributed by atoms with van der Waals surface area (Å²) in [7, 11) is 0. The molecule has 58 valence electrons. The van der Waals surface area contributed by atoms with Crippen molar-refractivity contribution >= 4 is 12.4 Å². The van der Waals surface area contributed by atoms with Crippen LogP contribution in [0.4, 0.5) is 0 Å². The van der Waals surface area contributed by atoms with E-state index in [4.69, 9.17) is 5.73 Å². The quantitative estimate of drug-likeness (QED) is 0.675. The minimum absolute atomic E-state index is 0. The molecule has 2 N–H and O–H groups in total. The van der Waals surface area contributed by atoms with Crippen LogP contribution in [0.2, 0.25) is 0 Å². The van der Waals surface area contributed by atoms with E-state index in [2.05, 4.69) is 10.3 Å². The van der Waals surface area contributed by atoms with Crippen LogP contribution in [-0.2, 0) is 13.1 Å². The van der Waals surface area contributed by atoms with Crippen LogP contribution in [0, 0.1) is 0 Å². The van der Waals surface area contributed by atoms with Crippen molar-refractivity contribution in [1.29, 1.82) is 0 Å². The molecular formula is C5H11ClN4. The highest BCUT2D eigenvalue weighted by molar-refractivity contribution is 5.85. The average Bonchev–Trinajstić information content (AvgIpc) is 2.34. The van der Waals surface area contributed by atoms with E-state index in [1.54, 1.807) is 4.68 Å². The summed E-state index contributed by atoms with van der Waals surface area (Å²) in [4.78, 5) is 0. The molecule has 4 nitrogen and oxygen atoms in total. The van der Waals surface area contributed by atoms with Gasteiger partial charge < -0.3 is 5.73 Å². The lowest BCUT2D eigenvalue weighted by molar-refractivity contribution is 0.626. The molecule has 0 saturated heterocycles. The Kier molecular flexibility index (Phi) is 3.99. The van der Waals surface area contributed by atoms with Gasteiger partial charge in [0.2, 0.25) is 0 Å². The summed E-state index contributed by atoms with van der Waals surface area (Å²) in [5.74, 6) is 0. The highest BCUT2D eigenvalue weighted by Crippen LogP contribution is 1.88. The fraction of sp³-hybridized carbons (Fsp3) is 0.600. The molecule has 0 spiro atoms. The van der Waals surface area contributed by atoms with Crippen molar-refractivity contribution in [2.45, 2.75) is 20.0 Å². The van der Waals surface area contributed by atoms with Crippen LogP contribution in [0.25, 0.3) is 0 Å². The van der Waals surface area contributed by atoms with Crippen LogP contribution in [0.5, 0.6) is 0 Å². The Hall–Kier alpha value is -0.610. The zero-order valence-electron chi connectivity index (χ0n) is 5.82. The van der Waals surface area contributed by atoms with Gasteiger partial charge in [0.1, 0.15) is 0 Å². The first-order valence-corrected chi connectivity index (χ1v) is 2.96. The minimum atomic E-state index is 0. The van der Waals surface area contributed by atoms with Gasteiger partial charge in [-0.15, -0.1) is 17.5 Å². The Labute approximate surface area is 65.8 Å². The molecule has 0 bridgehead atoms. The molecule has 0 aromatic carbocycles. The Balaban J connectivity index is 0.000000810. The number of hydrogen-bond acceptors (Lipinski definition) is 3. The van der Waals surface area contributed by atoms with Crippen LogP contribution in [0.3, 0.4) is 0 Å². The smallest absolute Gasteiger partial charge is 0.0962 e. The highest BCUT2D eigenvalue weighted by atomic mass is 35.5. The van der Waals surface area contributed by atoms with E-state index in [0.717, 1.165) is 12.2 Å². The van der Waals surface area contributed by atoms with Crippen LogP contribution in [-0.4, -0.2) is 15.0 Å². The summed E-state index contributed by atoms with van der Waals surface area (Å²) in [6, 6.07) is 0. The monoisotopic (exact) mass is 162 g/mol. The van der Waals surface area contributed by atoms with Gasteiger partial charge in [-0.1, -0.05) is 5.21 Å². The Bertz CT molecular complexity index is 167. The van der Waals surface area contributed by atoms with Crippen LogP contribution < -0.4 is 5.73 Å². The number of nitrogens with two attached hydrogens (primary N) is 1. The number of nitrogens with zero attached hydrogens (tertiary/aromatic N) is 3. The molecule has 1 rings (SSSR count). The van der Waals surface area contributed by atoms with Gasteiger partial charge >= 0.3 is 0 Å². The van der Waals surface area contributed by atoms with Gasteiger partial charge in [0.25, 0.3) is 0 Å². The van der Waals surface area contributed by atoms with Gasteiger partial charge in [0, 0.05) is 19.3 Å². The Morgan fingerprint density at radius 1 is 1.70 bits per heavy atom. The first-order chi connectivity index (χ1) is 4.36. The van der Waals surface area contributed by atoms with Crippen LogP contribution >= 0.6 is 12.4 Å². The average molecular weight is 163 g/mol. The van der Waals surface area contributed by atoms with E-state index in [0.29, 0.717) is 6.54 Å². The van der Waals surface area contributed by atoms with Crippen molar-refractivity contribution in [3.8, 4) is 0 Å². The zero-order valence-corrected chi connectivity index (χ0v) is 6.64. The lowest BCUT2D eigenvalue weighted by Gasteiger charge is -1.86. The number of aryl methyl sites for hydroxylation is 1. The second-order valence-electron chi connectivity index (χ2n) is 1.77. The largest absolute Gasteiger partial charge is 0.325 e. The summed E-state index contributed by atoms with van der Waals surface area (Å²) < 4.78 is 1.75. The molecule has 10 heavy (non-hydrogen) atoms. The maximum atomic E-state index is 5.30. The molecule has 1 aromatic rings. The van der Waals surface area contributed by atoms with E-state index >= 15 is 0 Å². The molecule has 0 saturated carbocycles. The fourth-order valence-corrected chi connectivity index (χ4v) is 0.587. The predicted octanol–water partition coefficient (Wildman–Crippen LogP) is 0.178. The maximum Gasteiger partial charge on any atom is 0.0962 e. The molecule has 0 amide bonds. The minimum Gasteiger partial charge on any atom is -0.325 e. The first kappa shape index (κ1) is 9.39. The third-order valence-corrected chi connectivity index (χ3v) is 1.12. The number of hydrogen-bond donors (Lipinski definition) is 1. The van der Waals surface area contributed by atoms with Gasteiger partial charge in [-0.3, -0.25) is 4.68 Å². The highest BCUT2D eigenvalue weighted by Gasteiger charge is 1.93. The standard InChI is InChI=1S/C5H10N4.ClH/c1-2-9-4-5(3-6)7-8-9;/h4H,2-3,6H2,1H3;1H. The third kappa shape index (κ3) is 1.97. The molecule has 0 aliphatic carbocycles. The van der Waals surface area contributed by atoms with Gasteiger partial charge in [-0.25, -0.2) is 0 Å². The summed E-state index contributed by atoms with van der Waals surface area (Å²) in [5.41, 5.74) is 6.15. The van der Waals surface area contributed by atoms with Crippen molar-refractivity contribution in [2.24, 2.45) is 5.73 Å². The SMILES string of the molecule is CCn1cc(CN)nn1.Cl.